The molecule has 3 heteroatoms. The number of benzene rings is 1. The highest BCUT2D eigenvalue weighted by Crippen LogP contribution is 2.22. The molecular formula is C13H17FN2. The summed E-state index contributed by atoms with van der Waals surface area (Å²) in [5, 5.41) is 0. The first-order valence-corrected chi connectivity index (χ1v) is 5.30. The molecule has 1 atom stereocenters. The van der Waals surface area contributed by atoms with Crippen molar-refractivity contribution >= 4 is 0 Å². The third kappa shape index (κ3) is 3.34. The Balaban J connectivity index is 2.84. The molecule has 0 aliphatic carbocycles. The summed E-state index contributed by atoms with van der Waals surface area (Å²) < 4.78 is 13.1. The number of hydrazine groups is 1. The second-order valence-corrected chi connectivity index (χ2v) is 3.69. The largest absolute Gasteiger partial charge is 0.271 e. The maximum absolute atomic E-state index is 13.1. The van der Waals surface area contributed by atoms with Gasteiger partial charge in [0, 0.05) is 12.5 Å². The molecule has 0 amide bonds. The van der Waals surface area contributed by atoms with E-state index in [1.165, 1.54) is 12.1 Å². The average Bonchev–Trinajstić information content (AvgIpc) is 2.28. The lowest BCUT2D eigenvalue weighted by Crippen LogP contribution is -2.28. The first-order chi connectivity index (χ1) is 7.69. The molecule has 1 unspecified atom stereocenters. The molecule has 0 spiro atoms. The molecule has 1 aromatic carbocycles. The second-order valence-electron chi connectivity index (χ2n) is 3.69. The number of halogens is 1. The molecule has 0 fully saturated rings. The molecule has 3 N–H and O–H groups in total. The second kappa shape index (κ2) is 6.26. The van der Waals surface area contributed by atoms with Crippen molar-refractivity contribution in [2.24, 2.45) is 5.84 Å². The third-order valence-electron chi connectivity index (χ3n) is 2.55. The summed E-state index contributed by atoms with van der Waals surface area (Å²) in [6, 6.07) is 4.70. The molecule has 1 aromatic rings. The Morgan fingerprint density at radius 3 is 2.88 bits per heavy atom. The molecule has 0 saturated carbocycles. The fourth-order valence-electron chi connectivity index (χ4n) is 1.66. The van der Waals surface area contributed by atoms with Gasteiger partial charge in [-0.3, -0.25) is 11.3 Å². The topological polar surface area (TPSA) is 38.0 Å². The fraction of sp³-hybridized carbons (Fsp3) is 0.385. The first-order valence-electron chi connectivity index (χ1n) is 5.30. The summed E-state index contributed by atoms with van der Waals surface area (Å²) in [4.78, 5) is 0. The van der Waals surface area contributed by atoms with Gasteiger partial charge >= 0.3 is 0 Å². The third-order valence-corrected chi connectivity index (χ3v) is 2.55. The van der Waals surface area contributed by atoms with Crippen LogP contribution in [0.25, 0.3) is 0 Å². The minimum Gasteiger partial charge on any atom is -0.271 e. The van der Waals surface area contributed by atoms with E-state index >= 15 is 0 Å². The molecule has 0 heterocycles. The molecule has 0 saturated heterocycles. The molecule has 86 valence electrons. The van der Waals surface area contributed by atoms with Gasteiger partial charge in [0.2, 0.25) is 0 Å². The molecule has 0 aliphatic heterocycles. The zero-order valence-electron chi connectivity index (χ0n) is 9.68. The molecule has 0 radical (unpaired) electrons. The molecule has 2 nitrogen and oxygen atoms in total. The van der Waals surface area contributed by atoms with Crippen LogP contribution < -0.4 is 11.3 Å². The number of nitrogens with two attached hydrogens (primary N) is 1. The van der Waals surface area contributed by atoms with Crippen LogP contribution >= 0.6 is 0 Å². The predicted octanol–water partition coefficient (Wildman–Crippen LogP) is 2.44. The van der Waals surface area contributed by atoms with E-state index in [9.17, 15) is 4.39 Å². The van der Waals surface area contributed by atoms with Crippen LogP contribution in [0.1, 0.15) is 36.9 Å². The highest BCUT2D eigenvalue weighted by atomic mass is 19.1. The van der Waals surface area contributed by atoms with Crippen molar-refractivity contribution in [3.63, 3.8) is 0 Å². The Labute approximate surface area is 96.0 Å². The van der Waals surface area contributed by atoms with Crippen LogP contribution in [-0.2, 0) is 0 Å². The quantitative estimate of drug-likeness (QED) is 0.464. The normalized spacial score (nSPS) is 11.8. The van der Waals surface area contributed by atoms with E-state index in [2.05, 4.69) is 17.3 Å². The lowest BCUT2D eigenvalue weighted by atomic mass is 9.98. The van der Waals surface area contributed by atoms with Crippen LogP contribution in [0.5, 0.6) is 0 Å². The van der Waals surface area contributed by atoms with Gasteiger partial charge in [-0.25, -0.2) is 4.39 Å². The zero-order chi connectivity index (χ0) is 12.0. The van der Waals surface area contributed by atoms with E-state index in [1.54, 1.807) is 13.0 Å². The highest BCUT2D eigenvalue weighted by molar-refractivity contribution is 5.29. The molecule has 1 rings (SSSR count). The van der Waals surface area contributed by atoms with Gasteiger partial charge in [-0.1, -0.05) is 6.07 Å². The fourth-order valence-corrected chi connectivity index (χ4v) is 1.66. The maximum Gasteiger partial charge on any atom is 0.123 e. The van der Waals surface area contributed by atoms with Crippen LogP contribution in [0.4, 0.5) is 4.39 Å². The SMILES string of the molecule is CC#CCCC(NN)c1cc(F)ccc1C. The van der Waals surface area contributed by atoms with Crippen molar-refractivity contribution in [1.82, 2.24) is 5.43 Å². The standard InChI is InChI=1S/C13H17FN2/c1-3-4-5-6-13(16-15)12-9-11(14)8-7-10(12)2/h7-9,13,16H,5-6,15H2,1-2H3. The summed E-state index contributed by atoms with van der Waals surface area (Å²) in [6.45, 7) is 3.75. The monoisotopic (exact) mass is 220 g/mol. The summed E-state index contributed by atoms with van der Waals surface area (Å²) in [5.41, 5.74) is 4.65. The van der Waals surface area contributed by atoms with E-state index in [-0.39, 0.29) is 11.9 Å². The van der Waals surface area contributed by atoms with E-state index in [0.29, 0.717) is 0 Å². The number of rotatable bonds is 4. The highest BCUT2D eigenvalue weighted by Gasteiger charge is 2.12. The van der Waals surface area contributed by atoms with Gasteiger partial charge in [-0.15, -0.1) is 11.8 Å². The average molecular weight is 220 g/mol. The summed E-state index contributed by atoms with van der Waals surface area (Å²) in [6.07, 6.45) is 1.53. The minimum absolute atomic E-state index is 0.0449. The van der Waals surface area contributed by atoms with Crippen molar-refractivity contribution in [1.29, 1.82) is 0 Å². The van der Waals surface area contributed by atoms with Crippen LogP contribution in [0, 0.1) is 24.6 Å². The molecule has 16 heavy (non-hydrogen) atoms. The van der Waals surface area contributed by atoms with E-state index in [1.807, 2.05) is 6.92 Å². The lowest BCUT2D eigenvalue weighted by molar-refractivity contribution is 0.516. The van der Waals surface area contributed by atoms with Gasteiger partial charge in [-0.2, -0.15) is 0 Å². The van der Waals surface area contributed by atoms with E-state index in [4.69, 9.17) is 5.84 Å². The summed E-state index contributed by atoms with van der Waals surface area (Å²) in [5.74, 6) is 11.1. The summed E-state index contributed by atoms with van der Waals surface area (Å²) in [7, 11) is 0. The van der Waals surface area contributed by atoms with Crippen molar-refractivity contribution in [3.05, 3.63) is 35.1 Å². The predicted molar refractivity (Wildman–Crippen MR) is 63.9 cm³/mol. The van der Waals surface area contributed by atoms with Crippen LogP contribution in [-0.4, -0.2) is 0 Å². The first kappa shape index (κ1) is 12.7. The van der Waals surface area contributed by atoms with Crippen molar-refractivity contribution < 1.29 is 4.39 Å². The van der Waals surface area contributed by atoms with Gasteiger partial charge in [0.25, 0.3) is 0 Å². The van der Waals surface area contributed by atoms with Crippen LogP contribution in [0.2, 0.25) is 0 Å². The van der Waals surface area contributed by atoms with E-state index in [0.717, 1.165) is 24.0 Å². The smallest absolute Gasteiger partial charge is 0.123 e. The van der Waals surface area contributed by atoms with Gasteiger partial charge in [-0.05, 0) is 43.5 Å². The van der Waals surface area contributed by atoms with E-state index < -0.39 is 0 Å². The van der Waals surface area contributed by atoms with Gasteiger partial charge < -0.3 is 0 Å². The summed E-state index contributed by atoms with van der Waals surface area (Å²) >= 11 is 0. The van der Waals surface area contributed by atoms with Crippen LogP contribution in [0.3, 0.4) is 0 Å². The van der Waals surface area contributed by atoms with Gasteiger partial charge in [0.15, 0.2) is 0 Å². The number of aryl methyl sites for hydroxylation is 1. The zero-order valence-corrected chi connectivity index (χ0v) is 9.68. The number of hydrogen-bond acceptors (Lipinski definition) is 2. The Bertz CT molecular complexity index is 404. The number of nitrogens with one attached hydrogen (secondary N) is 1. The molecule has 0 aromatic heterocycles. The van der Waals surface area contributed by atoms with Crippen molar-refractivity contribution in [2.75, 3.05) is 0 Å². The minimum atomic E-state index is -0.234. The molecule has 0 bridgehead atoms. The Hall–Kier alpha value is -1.37. The van der Waals surface area contributed by atoms with Crippen molar-refractivity contribution in [3.8, 4) is 11.8 Å². The Morgan fingerprint density at radius 1 is 1.50 bits per heavy atom. The molecular weight excluding hydrogens is 203 g/mol. The van der Waals surface area contributed by atoms with Gasteiger partial charge in [0.05, 0.1) is 0 Å². The Morgan fingerprint density at radius 2 is 2.25 bits per heavy atom. The Kier molecular flexibility index (Phi) is 4.97. The van der Waals surface area contributed by atoms with Crippen molar-refractivity contribution in [2.45, 2.75) is 32.7 Å². The maximum atomic E-state index is 13.1. The van der Waals surface area contributed by atoms with Gasteiger partial charge in [0.1, 0.15) is 5.82 Å². The lowest BCUT2D eigenvalue weighted by Gasteiger charge is -2.17. The number of hydrogen-bond donors (Lipinski definition) is 2. The van der Waals surface area contributed by atoms with Crippen LogP contribution in [0.15, 0.2) is 18.2 Å². The molecule has 0 aliphatic rings.